The number of unbranched alkanes of at least 4 members (excludes halogenated alkanes) is 1. The van der Waals surface area contributed by atoms with Crippen molar-refractivity contribution in [2.75, 3.05) is 30.8 Å². The summed E-state index contributed by atoms with van der Waals surface area (Å²) in [5, 5.41) is 2.87. The molecule has 2 amide bonds. The lowest BCUT2D eigenvalue weighted by molar-refractivity contribution is -0.139. The van der Waals surface area contributed by atoms with E-state index in [0.29, 0.717) is 29.5 Å². The molecular formula is C30H37N3O6S. The SMILES string of the molecule is CCCCNC(=O)C(C)N(Cc1ccc(OC)cc1)C(=O)CN(c1ccc(Oc2ccccc2)cc1)S(C)(=O)=O. The number of hydrogen-bond donors (Lipinski definition) is 1. The number of nitrogens with one attached hydrogen (secondary N) is 1. The van der Waals surface area contributed by atoms with Gasteiger partial charge in [-0.05, 0) is 67.4 Å². The summed E-state index contributed by atoms with van der Waals surface area (Å²) in [6.07, 6.45) is 2.78. The maximum Gasteiger partial charge on any atom is 0.244 e. The van der Waals surface area contributed by atoms with Crippen molar-refractivity contribution >= 4 is 27.5 Å². The van der Waals surface area contributed by atoms with Crippen LogP contribution >= 0.6 is 0 Å². The van der Waals surface area contributed by atoms with E-state index < -0.39 is 28.5 Å². The second kappa shape index (κ2) is 14.4. The predicted octanol–water partition coefficient (Wildman–Crippen LogP) is 4.59. The van der Waals surface area contributed by atoms with Gasteiger partial charge in [-0.25, -0.2) is 8.42 Å². The molecule has 3 aromatic carbocycles. The van der Waals surface area contributed by atoms with Crippen molar-refractivity contribution in [2.24, 2.45) is 0 Å². The summed E-state index contributed by atoms with van der Waals surface area (Å²) in [5.41, 5.74) is 1.08. The number of para-hydroxylation sites is 1. The maximum atomic E-state index is 13.7. The first-order valence-corrected chi connectivity index (χ1v) is 15.0. The van der Waals surface area contributed by atoms with Gasteiger partial charge in [-0.2, -0.15) is 0 Å². The minimum Gasteiger partial charge on any atom is -0.497 e. The van der Waals surface area contributed by atoms with Crippen molar-refractivity contribution in [1.29, 1.82) is 0 Å². The zero-order valence-corrected chi connectivity index (χ0v) is 24.2. The van der Waals surface area contributed by atoms with Gasteiger partial charge in [-0.3, -0.25) is 13.9 Å². The molecule has 0 saturated carbocycles. The summed E-state index contributed by atoms with van der Waals surface area (Å²) < 4.78 is 37.7. The van der Waals surface area contributed by atoms with Crippen molar-refractivity contribution in [3.8, 4) is 17.2 Å². The smallest absolute Gasteiger partial charge is 0.244 e. The number of rotatable bonds is 14. The largest absolute Gasteiger partial charge is 0.497 e. The fourth-order valence-electron chi connectivity index (χ4n) is 3.97. The molecule has 0 aromatic heterocycles. The summed E-state index contributed by atoms with van der Waals surface area (Å²) in [7, 11) is -2.27. The summed E-state index contributed by atoms with van der Waals surface area (Å²) in [5.74, 6) is 1.02. The van der Waals surface area contributed by atoms with E-state index in [1.807, 2.05) is 37.3 Å². The highest BCUT2D eigenvalue weighted by atomic mass is 32.2. The normalized spacial score (nSPS) is 11.8. The molecule has 0 saturated heterocycles. The molecule has 40 heavy (non-hydrogen) atoms. The third kappa shape index (κ3) is 8.74. The Bertz CT molecular complexity index is 1350. The Morgan fingerprint density at radius 3 is 2.08 bits per heavy atom. The highest BCUT2D eigenvalue weighted by Crippen LogP contribution is 2.26. The topological polar surface area (TPSA) is 105 Å². The zero-order chi connectivity index (χ0) is 29.1. The molecule has 3 rings (SSSR count). The van der Waals surface area contributed by atoms with Crippen molar-refractivity contribution < 1.29 is 27.5 Å². The third-order valence-electron chi connectivity index (χ3n) is 6.29. The monoisotopic (exact) mass is 567 g/mol. The van der Waals surface area contributed by atoms with E-state index in [0.717, 1.165) is 29.0 Å². The Morgan fingerprint density at radius 1 is 0.900 bits per heavy atom. The second-order valence-electron chi connectivity index (χ2n) is 9.37. The number of nitrogens with zero attached hydrogens (tertiary/aromatic N) is 2. The molecule has 0 fully saturated rings. The van der Waals surface area contributed by atoms with Gasteiger partial charge in [0, 0.05) is 13.1 Å². The van der Waals surface area contributed by atoms with Gasteiger partial charge in [-0.1, -0.05) is 43.7 Å². The molecule has 0 radical (unpaired) electrons. The number of carbonyl (C=O) groups is 2. The van der Waals surface area contributed by atoms with Crippen LogP contribution in [0.4, 0.5) is 5.69 Å². The Labute approximate surface area is 236 Å². The lowest BCUT2D eigenvalue weighted by atomic mass is 10.1. The van der Waals surface area contributed by atoms with Gasteiger partial charge in [0.15, 0.2) is 0 Å². The molecule has 10 heteroatoms. The van der Waals surface area contributed by atoms with Crippen molar-refractivity contribution in [3.05, 3.63) is 84.4 Å². The number of amides is 2. The van der Waals surface area contributed by atoms with E-state index in [2.05, 4.69) is 5.32 Å². The molecule has 0 heterocycles. The van der Waals surface area contributed by atoms with Crippen molar-refractivity contribution in [1.82, 2.24) is 10.2 Å². The first-order chi connectivity index (χ1) is 19.1. The third-order valence-corrected chi connectivity index (χ3v) is 7.43. The van der Waals surface area contributed by atoms with Crippen LogP contribution in [-0.4, -0.2) is 57.6 Å². The van der Waals surface area contributed by atoms with Gasteiger partial charge in [0.2, 0.25) is 21.8 Å². The highest BCUT2D eigenvalue weighted by molar-refractivity contribution is 7.92. The zero-order valence-electron chi connectivity index (χ0n) is 23.4. The quantitative estimate of drug-likeness (QED) is 0.286. The fraction of sp³-hybridized carbons (Fsp3) is 0.333. The van der Waals surface area contributed by atoms with Gasteiger partial charge >= 0.3 is 0 Å². The molecule has 0 bridgehead atoms. The number of benzene rings is 3. The number of methoxy groups -OCH3 is 1. The molecule has 1 atom stereocenters. The van der Waals surface area contributed by atoms with E-state index in [-0.39, 0.29) is 12.5 Å². The molecule has 214 valence electrons. The molecule has 1 unspecified atom stereocenters. The van der Waals surface area contributed by atoms with Gasteiger partial charge in [-0.15, -0.1) is 0 Å². The van der Waals surface area contributed by atoms with Crippen LogP contribution in [0.2, 0.25) is 0 Å². The van der Waals surface area contributed by atoms with Crippen LogP contribution < -0.4 is 19.1 Å². The number of sulfonamides is 1. The van der Waals surface area contributed by atoms with Gasteiger partial charge in [0.05, 0.1) is 19.1 Å². The number of hydrogen-bond acceptors (Lipinski definition) is 6. The molecule has 0 aliphatic carbocycles. The van der Waals surface area contributed by atoms with Crippen LogP contribution in [0.3, 0.4) is 0 Å². The van der Waals surface area contributed by atoms with Gasteiger partial charge in [0.25, 0.3) is 0 Å². The first-order valence-electron chi connectivity index (χ1n) is 13.1. The molecule has 0 aliphatic heterocycles. The summed E-state index contributed by atoms with van der Waals surface area (Å²) in [6.45, 7) is 3.81. The molecule has 0 spiro atoms. The Hall–Kier alpha value is -4.05. The van der Waals surface area contributed by atoms with Crippen LogP contribution in [0.15, 0.2) is 78.9 Å². The lowest BCUT2D eigenvalue weighted by Gasteiger charge is -2.31. The van der Waals surface area contributed by atoms with Crippen LogP contribution in [0.25, 0.3) is 0 Å². The van der Waals surface area contributed by atoms with Crippen LogP contribution in [0, 0.1) is 0 Å². The van der Waals surface area contributed by atoms with Crippen LogP contribution in [-0.2, 0) is 26.2 Å². The van der Waals surface area contributed by atoms with Gasteiger partial charge in [0.1, 0.15) is 29.8 Å². The number of anilines is 1. The van der Waals surface area contributed by atoms with E-state index in [1.54, 1.807) is 62.6 Å². The molecule has 0 aliphatic rings. The average molecular weight is 568 g/mol. The minimum atomic E-state index is -3.84. The molecule has 3 aromatic rings. The average Bonchev–Trinajstić information content (AvgIpc) is 2.95. The van der Waals surface area contributed by atoms with Gasteiger partial charge < -0.3 is 19.7 Å². The highest BCUT2D eigenvalue weighted by Gasteiger charge is 2.30. The molecule has 9 nitrogen and oxygen atoms in total. The number of carbonyl (C=O) groups excluding carboxylic acids is 2. The van der Waals surface area contributed by atoms with E-state index in [1.165, 1.54) is 4.90 Å². The predicted molar refractivity (Wildman–Crippen MR) is 156 cm³/mol. The van der Waals surface area contributed by atoms with Crippen LogP contribution in [0.1, 0.15) is 32.3 Å². The fourth-order valence-corrected chi connectivity index (χ4v) is 4.81. The van der Waals surface area contributed by atoms with E-state index >= 15 is 0 Å². The van der Waals surface area contributed by atoms with Crippen molar-refractivity contribution in [3.63, 3.8) is 0 Å². The van der Waals surface area contributed by atoms with Crippen molar-refractivity contribution in [2.45, 2.75) is 39.3 Å². The first kappa shape index (κ1) is 30.5. The Morgan fingerprint density at radius 2 is 1.50 bits per heavy atom. The maximum absolute atomic E-state index is 13.7. The summed E-state index contributed by atoms with van der Waals surface area (Å²) >= 11 is 0. The molecular weight excluding hydrogens is 530 g/mol. The van der Waals surface area contributed by atoms with Crippen LogP contribution in [0.5, 0.6) is 17.2 Å². The Balaban J connectivity index is 1.84. The number of ether oxygens (including phenoxy) is 2. The Kier molecular flexibility index (Phi) is 11.0. The second-order valence-corrected chi connectivity index (χ2v) is 11.3. The summed E-state index contributed by atoms with van der Waals surface area (Å²) in [4.78, 5) is 28.0. The standard InChI is InChI=1S/C30H37N3O6S/c1-5-6-20-31-30(35)23(2)32(21-24-12-16-26(38-3)17-13-24)29(34)22-33(40(4,36)37)25-14-18-28(19-15-25)39-27-10-8-7-9-11-27/h7-19,23H,5-6,20-22H2,1-4H3,(H,31,35). The van der Waals surface area contributed by atoms with E-state index in [4.69, 9.17) is 9.47 Å². The lowest BCUT2D eigenvalue weighted by Crippen LogP contribution is -2.51. The molecule has 1 N–H and O–H groups in total. The van der Waals surface area contributed by atoms with E-state index in [9.17, 15) is 18.0 Å². The minimum absolute atomic E-state index is 0.118. The summed E-state index contributed by atoms with van der Waals surface area (Å²) in [6, 6.07) is 22.0.